The highest BCUT2D eigenvalue weighted by Gasteiger charge is 2.31. The van der Waals surface area contributed by atoms with E-state index in [-0.39, 0.29) is 42.3 Å². The van der Waals surface area contributed by atoms with Crippen LogP contribution in [0.4, 0.5) is 0 Å². The fraction of sp³-hybridized carbons (Fsp3) is 0.294. The monoisotopic (exact) mass is 615 g/mol. The Hall–Kier alpha value is -4.41. The number of benzene rings is 3. The highest BCUT2D eigenvalue weighted by molar-refractivity contribution is 7.89. The zero-order valence-corrected chi connectivity index (χ0v) is 25.5. The van der Waals surface area contributed by atoms with Crippen LogP contribution in [-0.4, -0.2) is 44.3 Å². The van der Waals surface area contributed by atoms with Gasteiger partial charge in [-0.2, -0.15) is 0 Å². The predicted molar refractivity (Wildman–Crippen MR) is 166 cm³/mol. The van der Waals surface area contributed by atoms with E-state index in [4.69, 9.17) is 9.15 Å². The van der Waals surface area contributed by atoms with Crippen molar-refractivity contribution in [1.29, 1.82) is 0 Å². The maximum absolute atomic E-state index is 14.0. The van der Waals surface area contributed by atoms with Gasteiger partial charge in [0.2, 0.25) is 21.8 Å². The van der Waals surface area contributed by atoms with Gasteiger partial charge in [0.15, 0.2) is 0 Å². The maximum Gasteiger partial charge on any atom is 0.243 e. The van der Waals surface area contributed by atoms with Gasteiger partial charge in [0.1, 0.15) is 17.6 Å². The molecule has 1 aliphatic carbocycles. The Morgan fingerprint density at radius 1 is 0.909 bits per heavy atom. The summed E-state index contributed by atoms with van der Waals surface area (Å²) in [5, 5.41) is 2.95. The smallest absolute Gasteiger partial charge is 0.243 e. The van der Waals surface area contributed by atoms with Crippen LogP contribution >= 0.6 is 0 Å². The Balaban J connectivity index is 1.36. The van der Waals surface area contributed by atoms with Crippen molar-refractivity contribution in [3.63, 3.8) is 0 Å². The summed E-state index contributed by atoms with van der Waals surface area (Å²) in [4.78, 5) is 29.5. The number of methoxy groups -OCH3 is 1. The molecule has 0 aliphatic heterocycles. The lowest BCUT2D eigenvalue weighted by molar-refractivity contribution is -0.141. The number of hydrogen-bond donors (Lipinski definition) is 2. The lowest BCUT2D eigenvalue weighted by atomic mass is 10.0. The first-order valence-corrected chi connectivity index (χ1v) is 16.2. The molecule has 1 unspecified atom stereocenters. The molecule has 10 heteroatoms. The standard InChI is InChI=1S/C34H37N3O6S/c1-42-29-16-9-27(10-17-29)24-37(32(22-26-6-3-2-4-7-26)34(39)35-23-30-8-5-21-43-30)33(38)20-13-25-11-18-31(19-12-25)44(40,41)36-28-14-15-28/h2-12,16-19,21,28,32,36H,13-15,20,22-24H2,1H3,(H,35,39). The highest BCUT2D eigenvalue weighted by Crippen LogP contribution is 2.23. The Bertz CT molecular complexity index is 1620. The van der Waals surface area contributed by atoms with Gasteiger partial charge in [0.25, 0.3) is 0 Å². The first kappa shape index (κ1) is 31.0. The number of carbonyl (C=O) groups excluding carboxylic acids is 2. The molecule has 1 atom stereocenters. The summed E-state index contributed by atoms with van der Waals surface area (Å²) in [7, 11) is -1.96. The molecular weight excluding hydrogens is 578 g/mol. The lowest BCUT2D eigenvalue weighted by Gasteiger charge is -2.31. The van der Waals surface area contributed by atoms with Gasteiger partial charge in [0.05, 0.1) is 24.8 Å². The van der Waals surface area contributed by atoms with Crippen LogP contribution in [0.2, 0.25) is 0 Å². The summed E-state index contributed by atoms with van der Waals surface area (Å²) >= 11 is 0. The van der Waals surface area contributed by atoms with E-state index in [1.165, 1.54) is 0 Å². The van der Waals surface area contributed by atoms with E-state index in [0.717, 1.165) is 29.5 Å². The second kappa shape index (κ2) is 14.4. The number of rotatable bonds is 15. The summed E-state index contributed by atoms with van der Waals surface area (Å²) in [5.41, 5.74) is 2.61. The van der Waals surface area contributed by atoms with E-state index < -0.39 is 16.1 Å². The van der Waals surface area contributed by atoms with Gasteiger partial charge >= 0.3 is 0 Å². The summed E-state index contributed by atoms with van der Waals surface area (Å²) in [6.45, 7) is 0.422. The SMILES string of the molecule is COc1ccc(CN(C(=O)CCc2ccc(S(=O)(=O)NC3CC3)cc2)C(Cc2ccccc2)C(=O)NCc2ccco2)cc1. The lowest BCUT2D eigenvalue weighted by Crippen LogP contribution is -2.50. The second-order valence-corrected chi connectivity index (χ2v) is 12.6. The average Bonchev–Trinajstić information content (AvgIpc) is 3.69. The van der Waals surface area contributed by atoms with Crippen LogP contribution in [0.5, 0.6) is 5.75 Å². The summed E-state index contributed by atoms with van der Waals surface area (Å²) in [5.74, 6) is 0.830. The van der Waals surface area contributed by atoms with Gasteiger partial charge in [-0.05, 0) is 72.4 Å². The van der Waals surface area contributed by atoms with Gasteiger partial charge in [0, 0.05) is 25.4 Å². The van der Waals surface area contributed by atoms with Crippen molar-refractivity contribution in [2.75, 3.05) is 7.11 Å². The van der Waals surface area contributed by atoms with Crippen molar-refractivity contribution >= 4 is 21.8 Å². The van der Waals surface area contributed by atoms with Crippen LogP contribution in [0.25, 0.3) is 0 Å². The molecule has 0 radical (unpaired) electrons. The predicted octanol–water partition coefficient (Wildman–Crippen LogP) is 4.62. The first-order chi connectivity index (χ1) is 21.3. The molecule has 44 heavy (non-hydrogen) atoms. The van der Waals surface area contributed by atoms with Crippen molar-refractivity contribution in [3.8, 4) is 5.75 Å². The van der Waals surface area contributed by atoms with Gasteiger partial charge in [-0.25, -0.2) is 13.1 Å². The molecule has 4 aromatic rings. The number of nitrogens with zero attached hydrogens (tertiary/aromatic N) is 1. The zero-order valence-electron chi connectivity index (χ0n) is 24.6. The molecule has 2 amide bonds. The number of amides is 2. The van der Waals surface area contributed by atoms with Gasteiger partial charge in [-0.15, -0.1) is 0 Å². The minimum atomic E-state index is -3.56. The zero-order chi connectivity index (χ0) is 30.9. The summed E-state index contributed by atoms with van der Waals surface area (Å²) in [6, 6.07) is 26.4. The normalized spacial score (nSPS) is 13.7. The van der Waals surface area contributed by atoms with E-state index in [0.29, 0.717) is 24.4 Å². The fourth-order valence-corrected chi connectivity index (χ4v) is 6.21. The quantitative estimate of drug-likeness (QED) is 0.202. The summed E-state index contributed by atoms with van der Waals surface area (Å²) in [6.07, 6.45) is 4.12. The molecule has 1 heterocycles. The number of ether oxygens (including phenoxy) is 1. The van der Waals surface area contributed by atoms with Crippen LogP contribution in [0, 0.1) is 0 Å². The van der Waals surface area contributed by atoms with Gasteiger partial charge < -0.3 is 19.4 Å². The Labute approximate surface area is 258 Å². The number of aryl methyl sites for hydroxylation is 1. The van der Waals surface area contributed by atoms with E-state index in [1.807, 2.05) is 54.6 Å². The summed E-state index contributed by atoms with van der Waals surface area (Å²) < 4.78 is 38.5. The van der Waals surface area contributed by atoms with E-state index in [1.54, 1.807) is 54.7 Å². The van der Waals surface area contributed by atoms with Crippen LogP contribution in [-0.2, 0) is 45.5 Å². The molecule has 0 bridgehead atoms. The van der Waals surface area contributed by atoms with Crippen LogP contribution in [0.3, 0.4) is 0 Å². The molecule has 5 rings (SSSR count). The molecule has 0 saturated heterocycles. The van der Waals surface area contributed by atoms with E-state index >= 15 is 0 Å². The minimum Gasteiger partial charge on any atom is -0.497 e. The third-order valence-electron chi connectivity index (χ3n) is 7.56. The number of furan rings is 1. The van der Waals surface area contributed by atoms with Crippen LogP contribution < -0.4 is 14.8 Å². The largest absolute Gasteiger partial charge is 0.497 e. The molecule has 1 aliphatic rings. The van der Waals surface area contributed by atoms with Crippen molar-refractivity contribution in [1.82, 2.24) is 14.9 Å². The average molecular weight is 616 g/mol. The molecule has 0 spiro atoms. The van der Waals surface area contributed by atoms with Gasteiger partial charge in [-0.1, -0.05) is 54.6 Å². The third-order valence-corrected chi connectivity index (χ3v) is 9.10. The second-order valence-electron chi connectivity index (χ2n) is 10.9. The van der Waals surface area contributed by atoms with E-state index in [2.05, 4.69) is 10.0 Å². The highest BCUT2D eigenvalue weighted by atomic mass is 32.2. The van der Waals surface area contributed by atoms with Crippen LogP contribution in [0.15, 0.2) is 107 Å². The number of nitrogens with one attached hydrogen (secondary N) is 2. The topological polar surface area (TPSA) is 118 Å². The molecular formula is C34H37N3O6S. The molecule has 1 fully saturated rings. The van der Waals surface area contributed by atoms with Gasteiger partial charge in [-0.3, -0.25) is 9.59 Å². The van der Waals surface area contributed by atoms with Crippen molar-refractivity contribution in [2.24, 2.45) is 0 Å². The number of hydrogen-bond acceptors (Lipinski definition) is 6. The van der Waals surface area contributed by atoms with E-state index in [9.17, 15) is 18.0 Å². The third kappa shape index (κ3) is 8.58. The van der Waals surface area contributed by atoms with Crippen molar-refractivity contribution in [3.05, 3.63) is 120 Å². The number of carbonyl (C=O) groups is 2. The molecule has 230 valence electrons. The molecule has 9 nitrogen and oxygen atoms in total. The number of sulfonamides is 1. The first-order valence-electron chi connectivity index (χ1n) is 14.7. The molecule has 2 N–H and O–H groups in total. The van der Waals surface area contributed by atoms with Crippen LogP contribution in [0.1, 0.15) is 41.7 Å². The Morgan fingerprint density at radius 3 is 2.25 bits per heavy atom. The molecule has 1 saturated carbocycles. The Kier molecular flexibility index (Phi) is 10.1. The fourth-order valence-electron chi connectivity index (χ4n) is 4.91. The minimum absolute atomic E-state index is 0.0223. The Morgan fingerprint density at radius 2 is 1.61 bits per heavy atom. The van der Waals surface area contributed by atoms with Crippen molar-refractivity contribution in [2.45, 2.75) is 62.2 Å². The molecule has 1 aromatic heterocycles. The molecule has 3 aromatic carbocycles. The van der Waals surface area contributed by atoms with Crippen molar-refractivity contribution < 1.29 is 27.2 Å². The maximum atomic E-state index is 14.0.